The lowest BCUT2D eigenvalue weighted by molar-refractivity contribution is -0.0963. The van der Waals surface area contributed by atoms with Crippen LogP contribution in [0.2, 0.25) is 0 Å². The molecule has 2 fully saturated rings. The predicted octanol–water partition coefficient (Wildman–Crippen LogP) is 1.18. The van der Waals surface area contributed by atoms with Crippen molar-refractivity contribution in [2.24, 2.45) is 0 Å². The maximum atomic E-state index is 11.7. The first kappa shape index (κ1) is 15.9. The number of hydrogen-bond acceptors (Lipinski definition) is 5. The second kappa shape index (κ2) is 6.62. The van der Waals surface area contributed by atoms with E-state index in [2.05, 4.69) is 4.98 Å². The molecule has 0 aliphatic carbocycles. The van der Waals surface area contributed by atoms with Gasteiger partial charge in [-0.25, -0.2) is 8.42 Å². The summed E-state index contributed by atoms with van der Waals surface area (Å²) >= 11 is 0. The van der Waals surface area contributed by atoms with Crippen LogP contribution in [0.15, 0.2) is 24.4 Å². The van der Waals surface area contributed by atoms with Crippen molar-refractivity contribution >= 4 is 10.0 Å². The average Bonchev–Trinajstić information content (AvgIpc) is 2.91. The SMILES string of the molecule is CS(=O)(=O)N1CC[C@@H]2O[C@@H](COCc3ccccn3)CC[C@@H]21. The van der Waals surface area contributed by atoms with Crippen molar-refractivity contribution in [2.45, 2.75) is 44.1 Å². The first-order valence-electron chi connectivity index (χ1n) is 7.64. The molecule has 0 spiro atoms. The van der Waals surface area contributed by atoms with E-state index in [1.54, 1.807) is 10.5 Å². The highest BCUT2D eigenvalue weighted by Crippen LogP contribution is 2.32. The van der Waals surface area contributed by atoms with Crippen molar-refractivity contribution in [3.63, 3.8) is 0 Å². The lowest BCUT2D eigenvalue weighted by Gasteiger charge is -2.35. The van der Waals surface area contributed by atoms with Gasteiger partial charge in [-0.2, -0.15) is 4.31 Å². The Morgan fingerprint density at radius 1 is 1.36 bits per heavy atom. The molecule has 0 saturated carbocycles. The van der Waals surface area contributed by atoms with E-state index in [0.29, 0.717) is 19.8 Å². The van der Waals surface area contributed by atoms with Gasteiger partial charge in [0.2, 0.25) is 10.0 Å². The zero-order valence-electron chi connectivity index (χ0n) is 12.7. The highest BCUT2D eigenvalue weighted by atomic mass is 32.2. The summed E-state index contributed by atoms with van der Waals surface area (Å²) in [5.74, 6) is 0. The molecule has 7 heteroatoms. The highest BCUT2D eigenvalue weighted by molar-refractivity contribution is 7.88. The molecule has 3 atom stereocenters. The van der Waals surface area contributed by atoms with Gasteiger partial charge >= 0.3 is 0 Å². The fourth-order valence-electron chi connectivity index (χ4n) is 3.27. The number of ether oxygens (including phenoxy) is 2. The van der Waals surface area contributed by atoms with Gasteiger partial charge in [-0.15, -0.1) is 0 Å². The second-order valence-electron chi connectivity index (χ2n) is 5.94. The van der Waals surface area contributed by atoms with Crippen molar-refractivity contribution < 1.29 is 17.9 Å². The molecule has 2 aliphatic heterocycles. The fourth-order valence-corrected chi connectivity index (χ4v) is 4.44. The second-order valence-corrected chi connectivity index (χ2v) is 7.87. The Labute approximate surface area is 131 Å². The molecule has 6 nitrogen and oxygen atoms in total. The number of nitrogens with zero attached hydrogens (tertiary/aromatic N) is 2. The van der Waals surface area contributed by atoms with Crippen molar-refractivity contribution in [3.05, 3.63) is 30.1 Å². The Kier molecular flexibility index (Phi) is 4.77. The minimum absolute atomic E-state index is 0.00189. The topological polar surface area (TPSA) is 68.7 Å². The molecule has 3 heterocycles. The molecular weight excluding hydrogens is 304 g/mol. The Bertz CT molecular complexity index is 593. The Hall–Kier alpha value is -1.02. The first-order chi connectivity index (χ1) is 10.5. The van der Waals surface area contributed by atoms with Crippen LogP contribution >= 0.6 is 0 Å². The third-order valence-corrected chi connectivity index (χ3v) is 5.60. The summed E-state index contributed by atoms with van der Waals surface area (Å²) in [7, 11) is -3.13. The average molecular weight is 326 g/mol. The van der Waals surface area contributed by atoms with Crippen LogP contribution in [0.25, 0.3) is 0 Å². The van der Waals surface area contributed by atoms with Crippen LogP contribution in [0, 0.1) is 0 Å². The summed E-state index contributed by atoms with van der Waals surface area (Å²) in [5.41, 5.74) is 0.903. The van der Waals surface area contributed by atoms with E-state index in [9.17, 15) is 8.42 Å². The molecule has 0 unspecified atom stereocenters. The van der Waals surface area contributed by atoms with Crippen LogP contribution in [0.1, 0.15) is 25.0 Å². The Morgan fingerprint density at radius 2 is 2.23 bits per heavy atom. The smallest absolute Gasteiger partial charge is 0.211 e. The summed E-state index contributed by atoms with van der Waals surface area (Å²) in [4.78, 5) is 4.21. The zero-order chi connectivity index (χ0) is 15.6. The quantitative estimate of drug-likeness (QED) is 0.813. The normalized spacial score (nSPS) is 29.4. The maximum absolute atomic E-state index is 11.7. The van der Waals surface area contributed by atoms with Crippen molar-refractivity contribution in [1.82, 2.24) is 9.29 Å². The van der Waals surface area contributed by atoms with Crippen molar-refractivity contribution in [2.75, 3.05) is 19.4 Å². The summed E-state index contributed by atoms with van der Waals surface area (Å²) in [5, 5.41) is 0. The molecule has 0 radical (unpaired) electrons. The van der Waals surface area contributed by atoms with E-state index in [0.717, 1.165) is 25.0 Å². The van der Waals surface area contributed by atoms with E-state index >= 15 is 0 Å². The van der Waals surface area contributed by atoms with E-state index in [1.165, 1.54) is 6.26 Å². The van der Waals surface area contributed by atoms with Crippen LogP contribution in [-0.4, -0.2) is 55.4 Å². The molecule has 3 rings (SSSR count). The van der Waals surface area contributed by atoms with Gasteiger partial charge in [-0.3, -0.25) is 4.98 Å². The molecule has 2 aliphatic rings. The van der Waals surface area contributed by atoms with Crippen LogP contribution in [0.4, 0.5) is 0 Å². The Balaban J connectivity index is 1.47. The lowest BCUT2D eigenvalue weighted by atomic mass is 10.0. The van der Waals surface area contributed by atoms with Crippen LogP contribution in [0.5, 0.6) is 0 Å². The van der Waals surface area contributed by atoms with Gasteiger partial charge in [-0.05, 0) is 31.4 Å². The zero-order valence-corrected chi connectivity index (χ0v) is 13.5. The molecule has 2 saturated heterocycles. The van der Waals surface area contributed by atoms with E-state index in [-0.39, 0.29) is 18.2 Å². The summed E-state index contributed by atoms with van der Waals surface area (Å²) in [6.07, 6.45) is 5.52. The van der Waals surface area contributed by atoms with Crippen molar-refractivity contribution in [1.29, 1.82) is 0 Å². The molecule has 0 bridgehead atoms. The predicted molar refractivity (Wildman–Crippen MR) is 81.7 cm³/mol. The van der Waals surface area contributed by atoms with Gasteiger partial charge in [0, 0.05) is 12.7 Å². The minimum atomic E-state index is -3.13. The summed E-state index contributed by atoms with van der Waals surface area (Å²) in [6.45, 7) is 1.57. The van der Waals surface area contributed by atoms with Gasteiger partial charge in [0.15, 0.2) is 0 Å². The lowest BCUT2D eigenvalue weighted by Crippen LogP contribution is -2.45. The number of pyridine rings is 1. The van der Waals surface area contributed by atoms with E-state index in [1.807, 2.05) is 18.2 Å². The van der Waals surface area contributed by atoms with E-state index < -0.39 is 10.0 Å². The molecule has 1 aromatic rings. The third kappa shape index (κ3) is 3.65. The molecule has 0 N–H and O–H groups in total. The maximum Gasteiger partial charge on any atom is 0.211 e. The number of rotatable bonds is 5. The number of fused-ring (bicyclic) bond motifs is 1. The van der Waals surface area contributed by atoms with Gasteiger partial charge in [0.25, 0.3) is 0 Å². The van der Waals surface area contributed by atoms with Crippen LogP contribution < -0.4 is 0 Å². The molecule has 0 aromatic carbocycles. The van der Waals surface area contributed by atoms with Crippen molar-refractivity contribution in [3.8, 4) is 0 Å². The molecule has 122 valence electrons. The van der Waals surface area contributed by atoms with E-state index in [4.69, 9.17) is 9.47 Å². The number of hydrogen-bond donors (Lipinski definition) is 0. The van der Waals surface area contributed by atoms with Gasteiger partial charge in [0.1, 0.15) is 0 Å². The molecular formula is C15H22N2O4S. The third-order valence-electron chi connectivity index (χ3n) is 4.29. The van der Waals surface area contributed by atoms with Crippen LogP contribution in [0.3, 0.4) is 0 Å². The highest BCUT2D eigenvalue weighted by Gasteiger charge is 2.43. The number of aromatic nitrogens is 1. The molecule has 22 heavy (non-hydrogen) atoms. The van der Waals surface area contributed by atoms with Crippen LogP contribution in [-0.2, 0) is 26.1 Å². The largest absolute Gasteiger partial charge is 0.372 e. The first-order valence-corrected chi connectivity index (χ1v) is 9.49. The van der Waals surface area contributed by atoms with Gasteiger partial charge < -0.3 is 9.47 Å². The fraction of sp³-hybridized carbons (Fsp3) is 0.667. The summed E-state index contributed by atoms with van der Waals surface area (Å²) < 4.78 is 36.8. The standard InChI is InChI=1S/C15H22N2O4S/c1-22(18,19)17-9-7-15-14(17)6-5-13(21-15)11-20-10-12-4-2-3-8-16-12/h2-4,8,13-15H,5-7,9-11H2,1H3/t13-,14+,15+/m1/s1. The number of sulfonamides is 1. The molecule has 1 aromatic heterocycles. The minimum Gasteiger partial charge on any atom is -0.372 e. The summed E-state index contributed by atoms with van der Waals surface area (Å²) in [6, 6.07) is 5.74. The monoisotopic (exact) mass is 326 g/mol. The van der Waals surface area contributed by atoms with Gasteiger partial charge in [0.05, 0.1) is 43.4 Å². The molecule has 0 amide bonds. The Morgan fingerprint density at radius 3 is 2.95 bits per heavy atom. The van der Waals surface area contributed by atoms with Gasteiger partial charge in [-0.1, -0.05) is 6.07 Å².